The molecule has 2 aliphatic carbocycles. The maximum absolute atomic E-state index is 13.0. The van der Waals surface area contributed by atoms with E-state index in [2.05, 4.69) is 30.1 Å². The molecule has 4 heteroatoms. The molecule has 0 aromatic heterocycles. The number of nitrogens with one attached hydrogen (secondary N) is 1. The van der Waals surface area contributed by atoms with Crippen molar-refractivity contribution in [3.63, 3.8) is 0 Å². The minimum absolute atomic E-state index is 0. The van der Waals surface area contributed by atoms with E-state index in [0.29, 0.717) is 16.0 Å². The van der Waals surface area contributed by atoms with E-state index in [1.54, 1.807) is 0 Å². The van der Waals surface area contributed by atoms with Crippen LogP contribution in [0.15, 0.2) is 18.2 Å². The third-order valence-corrected chi connectivity index (χ3v) is 8.19. The molecule has 2 fully saturated rings. The Balaban J connectivity index is 0.00000385. The first-order valence-corrected chi connectivity index (χ1v) is 13.7. The number of nitrogens with zero attached hydrogens (tertiary/aromatic N) is 1. The molecule has 1 aromatic carbocycles. The zero-order chi connectivity index (χ0) is 22.8. The van der Waals surface area contributed by atoms with Gasteiger partial charge in [-0.2, -0.15) is 0 Å². The summed E-state index contributed by atoms with van der Waals surface area (Å²) in [6, 6.07) is 6.03. The molecule has 1 amide bonds. The van der Waals surface area contributed by atoms with Crippen LogP contribution < -0.4 is 5.32 Å². The summed E-state index contributed by atoms with van der Waals surface area (Å²) in [4.78, 5) is 15.6. The van der Waals surface area contributed by atoms with Crippen molar-refractivity contribution < 1.29 is 4.79 Å². The van der Waals surface area contributed by atoms with E-state index < -0.39 is 0 Å². The van der Waals surface area contributed by atoms with Crippen LogP contribution in [0.2, 0.25) is 5.02 Å². The van der Waals surface area contributed by atoms with E-state index in [1.165, 1.54) is 89.3 Å². The Morgan fingerprint density at radius 1 is 1.06 bits per heavy atom. The number of hydrogen-bond acceptors (Lipinski definition) is 2. The number of benzene rings is 1. The Bertz CT molecular complexity index is 702. The maximum atomic E-state index is 13.0. The van der Waals surface area contributed by atoms with Crippen molar-refractivity contribution in [1.82, 2.24) is 10.2 Å². The van der Waals surface area contributed by atoms with Gasteiger partial charge in [0.15, 0.2) is 0 Å². The van der Waals surface area contributed by atoms with Crippen molar-refractivity contribution in [2.24, 2.45) is 11.3 Å². The summed E-state index contributed by atoms with van der Waals surface area (Å²) in [5.74, 6) is 0.891. The molecule has 1 aromatic rings. The minimum Gasteiger partial charge on any atom is -0.351 e. The predicted molar refractivity (Wildman–Crippen MR) is 142 cm³/mol. The fourth-order valence-corrected chi connectivity index (χ4v) is 6.14. The van der Waals surface area contributed by atoms with E-state index in [-0.39, 0.29) is 13.3 Å². The van der Waals surface area contributed by atoms with Gasteiger partial charge in [-0.3, -0.25) is 4.79 Å². The number of carbonyl (C=O) groups excluding carboxylic acids is 1. The first-order chi connectivity index (χ1) is 15.5. The quantitative estimate of drug-likeness (QED) is 0.319. The van der Waals surface area contributed by atoms with Crippen LogP contribution in [0.3, 0.4) is 0 Å². The number of rotatable bonds is 13. The van der Waals surface area contributed by atoms with E-state index in [4.69, 9.17) is 11.6 Å². The lowest BCUT2D eigenvalue weighted by molar-refractivity contribution is 0.0681. The van der Waals surface area contributed by atoms with Crippen LogP contribution in [-0.4, -0.2) is 37.0 Å². The van der Waals surface area contributed by atoms with Crippen LogP contribution in [0.25, 0.3) is 0 Å². The van der Waals surface area contributed by atoms with E-state index >= 15 is 0 Å². The second-order valence-corrected chi connectivity index (χ2v) is 10.9. The maximum Gasteiger partial charge on any atom is 0.252 e. The van der Waals surface area contributed by atoms with Crippen molar-refractivity contribution in [1.29, 1.82) is 0 Å². The van der Waals surface area contributed by atoms with Gasteiger partial charge in [-0.25, -0.2) is 0 Å². The molecule has 3 nitrogen and oxygen atoms in total. The van der Waals surface area contributed by atoms with Crippen LogP contribution in [0.4, 0.5) is 0 Å². The normalized spacial score (nSPS) is 22.1. The largest absolute Gasteiger partial charge is 0.351 e. The number of unbranched alkanes of at least 4 members (excludes halogenated alkanes) is 2. The summed E-state index contributed by atoms with van der Waals surface area (Å²) < 4.78 is 0. The number of hydrogen-bond donors (Lipinski definition) is 1. The standard InChI is InChI=1S/C28H45ClN2O.CH2/c1-3-5-17-31(18-6-4-2)19-9-12-23-13-14-26(29)25(20-23)27(32)30-22-28-15-7-10-24(21-28)11-8-16-28;/h13-14,20,24H,3-12,15-19,21-22H2,1-2H3,(H,30,32);1H2. The fraction of sp³-hybridized carbons (Fsp3) is 0.724. The highest BCUT2D eigenvalue weighted by molar-refractivity contribution is 6.33. The second-order valence-electron chi connectivity index (χ2n) is 10.5. The van der Waals surface area contributed by atoms with Crippen molar-refractivity contribution in [2.75, 3.05) is 26.2 Å². The average Bonchev–Trinajstić information content (AvgIpc) is 2.80. The summed E-state index contributed by atoms with van der Waals surface area (Å²) >= 11 is 6.45. The SMILES string of the molecule is CCCCN(CCCC)CCCc1ccc(Cl)c(C(=O)NCC23CCCC(CCC2)C3)c1.[CH2]. The average molecular weight is 475 g/mol. The minimum atomic E-state index is 0. The number of amides is 1. The molecule has 0 unspecified atom stereocenters. The van der Waals surface area contributed by atoms with Gasteiger partial charge in [0.1, 0.15) is 0 Å². The lowest BCUT2D eigenvalue weighted by Crippen LogP contribution is -2.43. The van der Waals surface area contributed by atoms with E-state index in [1.807, 2.05) is 12.1 Å². The molecule has 33 heavy (non-hydrogen) atoms. The van der Waals surface area contributed by atoms with Gasteiger partial charge in [-0.05, 0) is 93.6 Å². The van der Waals surface area contributed by atoms with Gasteiger partial charge in [0, 0.05) is 6.54 Å². The molecule has 0 heterocycles. The number of carbonyl (C=O) groups is 1. The van der Waals surface area contributed by atoms with Gasteiger partial charge in [-0.15, -0.1) is 0 Å². The monoisotopic (exact) mass is 474 g/mol. The van der Waals surface area contributed by atoms with Crippen molar-refractivity contribution in [2.45, 2.75) is 97.3 Å². The van der Waals surface area contributed by atoms with Crippen LogP contribution in [0, 0.1) is 18.8 Å². The van der Waals surface area contributed by atoms with Crippen molar-refractivity contribution in [3.05, 3.63) is 41.8 Å². The molecule has 186 valence electrons. The Morgan fingerprint density at radius 3 is 2.33 bits per heavy atom. The summed E-state index contributed by atoms with van der Waals surface area (Å²) in [6.07, 6.45) is 16.4. The Labute approximate surface area is 209 Å². The summed E-state index contributed by atoms with van der Waals surface area (Å²) in [6.45, 7) is 8.87. The van der Waals surface area contributed by atoms with Crippen molar-refractivity contribution >= 4 is 17.5 Å². The molecule has 1 N–H and O–H groups in total. The smallest absolute Gasteiger partial charge is 0.252 e. The van der Waals surface area contributed by atoms with Gasteiger partial charge >= 0.3 is 0 Å². The van der Waals surface area contributed by atoms with Crippen molar-refractivity contribution in [3.8, 4) is 0 Å². The third kappa shape index (κ3) is 8.58. The highest BCUT2D eigenvalue weighted by Crippen LogP contribution is 2.48. The molecule has 0 atom stereocenters. The highest BCUT2D eigenvalue weighted by Gasteiger charge is 2.39. The van der Waals surface area contributed by atoms with E-state index in [0.717, 1.165) is 31.8 Å². The lowest BCUT2D eigenvalue weighted by Gasteiger charge is -2.45. The summed E-state index contributed by atoms with van der Waals surface area (Å²) in [5, 5.41) is 3.84. The van der Waals surface area contributed by atoms with Crippen LogP contribution in [0.1, 0.15) is 107 Å². The molecule has 3 rings (SSSR count). The van der Waals surface area contributed by atoms with Gasteiger partial charge in [0.2, 0.25) is 0 Å². The zero-order valence-electron chi connectivity index (χ0n) is 21.3. The first-order valence-electron chi connectivity index (χ1n) is 13.3. The number of halogens is 1. The zero-order valence-corrected chi connectivity index (χ0v) is 22.0. The fourth-order valence-electron chi connectivity index (χ4n) is 5.94. The molecular weight excluding hydrogens is 428 g/mol. The Hall–Kier alpha value is -1.06. The second kappa shape index (κ2) is 14.4. The Kier molecular flexibility index (Phi) is 12.3. The highest BCUT2D eigenvalue weighted by atomic mass is 35.5. The van der Waals surface area contributed by atoms with Gasteiger partial charge in [0.05, 0.1) is 10.6 Å². The topological polar surface area (TPSA) is 32.3 Å². The molecule has 2 bridgehead atoms. The molecule has 0 saturated heterocycles. The first kappa shape index (κ1) is 28.2. The summed E-state index contributed by atoms with van der Waals surface area (Å²) in [7, 11) is 0. The van der Waals surface area contributed by atoms with E-state index in [9.17, 15) is 4.79 Å². The molecule has 2 saturated carbocycles. The summed E-state index contributed by atoms with van der Waals surface area (Å²) in [5.41, 5.74) is 2.21. The predicted octanol–water partition coefficient (Wildman–Crippen LogP) is 7.59. The van der Waals surface area contributed by atoms with Gasteiger partial charge in [-0.1, -0.05) is 77.5 Å². The van der Waals surface area contributed by atoms with Crippen LogP contribution in [-0.2, 0) is 6.42 Å². The lowest BCUT2D eigenvalue weighted by atomic mass is 9.62. The van der Waals surface area contributed by atoms with Gasteiger partial charge in [0.25, 0.3) is 5.91 Å². The van der Waals surface area contributed by atoms with Crippen LogP contribution >= 0.6 is 11.6 Å². The van der Waals surface area contributed by atoms with Crippen LogP contribution in [0.5, 0.6) is 0 Å². The third-order valence-electron chi connectivity index (χ3n) is 7.86. The Morgan fingerprint density at radius 2 is 1.70 bits per heavy atom. The van der Waals surface area contributed by atoms with Gasteiger partial charge < -0.3 is 10.2 Å². The molecule has 0 aliphatic heterocycles. The number of aryl methyl sites for hydroxylation is 1. The molecule has 0 spiro atoms. The number of fused-ring (bicyclic) bond motifs is 2. The molecule has 2 radical (unpaired) electrons. The molecule has 2 aliphatic rings. The molecular formula is C29H47ClN2O.